The van der Waals surface area contributed by atoms with Crippen molar-refractivity contribution in [3.05, 3.63) is 46.5 Å². The molecule has 2 rings (SSSR count). The summed E-state index contributed by atoms with van der Waals surface area (Å²) in [6, 6.07) is 7.76. The monoisotopic (exact) mass is 317 g/mol. The second-order valence-electron chi connectivity index (χ2n) is 6.04. The van der Waals surface area contributed by atoms with Crippen molar-refractivity contribution in [1.29, 1.82) is 0 Å². The number of aryl methyl sites for hydroxylation is 1. The average molecular weight is 317 g/mol. The maximum absolute atomic E-state index is 12.1. The molecule has 2 aromatic rings. The minimum atomic E-state index is -0.114. The minimum absolute atomic E-state index is 0.114. The van der Waals surface area contributed by atoms with Crippen molar-refractivity contribution in [3.8, 4) is 0 Å². The molecule has 0 atom stereocenters. The lowest BCUT2D eigenvalue weighted by atomic mass is 10.1. The van der Waals surface area contributed by atoms with E-state index >= 15 is 0 Å². The maximum atomic E-state index is 12.1. The second kappa shape index (κ2) is 7.51. The summed E-state index contributed by atoms with van der Waals surface area (Å²) in [6.07, 6.45) is 0. The molecule has 4 nitrogen and oxygen atoms in total. The van der Waals surface area contributed by atoms with Gasteiger partial charge in [0.05, 0.1) is 5.69 Å². The van der Waals surface area contributed by atoms with Crippen LogP contribution in [0.2, 0.25) is 0 Å². The van der Waals surface area contributed by atoms with E-state index in [2.05, 4.69) is 36.1 Å². The smallest absolute Gasteiger partial charge is 0.257 e. The third kappa shape index (κ3) is 4.93. The van der Waals surface area contributed by atoms with Crippen LogP contribution >= 0.6 is 11.3 Å². The Morgan fingerprint density at radius 2 is 2.00 bits per heavy atom. The van der Waals surface area contributed by atoms with E-state index in [1.54, 1.807) is 0 Å². The molecule has 1 N–H and O–H groups in total. The SMILES string of the molecule is Cc1csc(NC(=O)c2ccc(CN(C)CC(C)C)cc2)n1. The predicted octanol–water partition coefficient (Wildman–Crippen LogP) is 3.79. The lowest BCUT2D eigenvalue weighted by Crippen LogP contribution is -2.22. The van der Waals surface area contributed by atoms with Gasteiger partial charge in [-0.05, 0) is 37.6 Å². The average Bonchev–Trinajstić information content (AvgIpc) is 2.83. The molecule has 0 fully saturated rings. The van der Waals surface area contributed by atoms with Gasteiger partial charge in [-0.3, -0.25) is 10.1 Å². The summed E-state index contributed by atoms with van der Waals surface area (Å²) in [5, 5.41) is 5.39. The molecule has 0 bridgehead atoms. The van der Waals surface area contributed by atoms with E-state index in [1.807, 2.05) is 36.6 Å². The highest BCUT2D eigenvalue weighted by atomic mass is 32.1. The molecule has 1 heterocycles. The van der Waals surface area contributed by atoms with Crippen LogP contribution in [0.25, 0.3) is 0 Å². The molecular formula is C17H23N3OS. The Balaban J connectivity index is 1.94. The molecule has 1 aromatic heterocycles. The quantitative estimate of drug-likeness (QED) is 0.881. The van der Waals surface area contributed by atoms with Crippen molar-refractivity contribution >= 4 is 22.4 Å². The van der Waals surface area contributed by atoms with Gasteiger partial charge < -0.3 is 4.90 Å². The first-order chi connectivity index (χ1) is 10.4. The van der Waals surface area contributed by atoms with Gasteiger partial charge in [0.2, 0.25) is 0 Å². The van der Waals surface area contributed by atoms with Gasteiger partial charge in [0.25, 0.3) is 5.91 Å². The van der Waals surface area contributed by atoms with Crippen LogP contribution < -0.4 is 5.32 Å². The van der Waals surface area contributed by atoms with Gasteiger partial charge in [-0.1, -0.05) is 26.0 Å². The zero-order chi connectivity index (χ0) is 16.1. The van der Waals surface area contributed by atoms with Crippen LogP contribution in [0.5, 0.6) is 0 Å². The van der Waals surface area contributed by atoms with E-state index in [4.69, 9.17) is 0 Å². The summed E-state index contributed by atoms with van der Waals surface area (Å²) in [7, 11) is 2.12. The van der Waals surface area contributed by atoms with Gasteiger partial charge in [0.1, 0.15) is 0 Å². The third-order valence-electron chi connectivity index (χ3n) is 3.18. The van der Waals surface area contributed by atoms with Crippen molar-refractivity contribution in [1.82, 2.24) is 9.88 Å². The van der Waals surface area contributed by atoms with Gasteiger partial charge in [-0.2, -0.15) is 0 Å². The number of nitrogens with one attached hydrogen (secondary N) is 1. The van der Waals surface area contributed by atoms with Gasteiger partial charge in [0, 0.05) is 24.0 Å². The van der Waals surface area contributed by atoms with Gasteiger partial charge in [0.15, 0.2) is 5.13 Å². The maximum Gasteiger partial charge on any atom is 0.257 e. The Morgan fingerprint density at radius 3 is 2.55 bits per heavy atom. The molecule has 5 heteroatoms. The Kier molecular flexibility index (Phi) is 5.69. The fourth-order valence-electron chi connectivity index (χ4n) is 2.34. The largest absolute Gasteiger partial charge is 0.302 e. The number of amides is 1. The number of aromatic nitrogens is 1. The summed E-state index contributed by atoms with van der Waals surface area (Å²) in [5.74, 6) is 0.535. The van der Waals surface area contributed by atoms with Crippen molar-refractivity contribution in [2.45, 2.75) is 27.3 Å². The number of hydrogen-bond acceptors (Lipinski definition) is 4. The summed E-state index contributed by atoms with van der Waals surface area (Å²) in [6.45, 7) is 8.29. The minimum Gasteiger partial charge on any atom is -0.302 e. The molecule has 118 valence electrons. The molecule has 0 saturated heterocycles. The standard InChI is InChI=1S/C17H23N3OS/c1-12(2)9-20(4)10-14-5-7-15(8-6-14)16(21)19-17-18-13(3)11-22-17/h5-8,11-12H,9-10H2,1-4H3,(H,18,19,21). The normalized spacial score (nSPS) is 11.2. The topological polar surface area (TPSA) is 45.2 Å². The lowest BCUT2D eigenvalue weighted by Gasteiger charge is -2.18. The molecule has 1 aromatic carbocycles. The highest BCUT2D eigenvalue weighted by Gasteiger charge is 2.09. The molecule has 22 heavy (non-hydrogen) atoms. The van der Waals surface area contributed by atoms with Gasteiger partial charge in [-0.25, -0.2) is 4.98 Å². The summed E-state index contributed by atoms with van der Waals surface area (Å²) >= 11 is 1.44. The first-order valence-corrected chi connectivity index (χ1v) is 8.33. The van der Waals surface area contributed by atoms with Gasteiger partial charge >= 0.3 is 0 Å². The Morgan fingerprint density at radius 1 is 1.32 bits per heavy atom. The number of carbonyl (C=O) groups excluding carboxylic acids is 1. The van der Waals surface area contributed by atoms with Crippen molar-refractivity contribution in [2.75, 3.05) is 18.9 Å². The first kappa shape index (κ1) is 16.6. The van der Waals surface area contributed by atoms with E-state index in [0.717, 1.165) is 18.8 Å². The van der Waals surface area contributed by atoms with Crippen molar-refractivity contribution in [2.24, 2.45) is 5.92 Å². The van der Waals surface area contributed by atoms with Crippen LogP contribution in [0.15, 0.2) is 29.6 Å². The zero-order valence-electron chi connectivity index (χ0n) is 13.6. The van der Waals surface area contributed by atoms with Gasteiger partial charge in [-0.15, -0.1) is 11.3 Å². The number of thiazole rings is 1. The summed E-state index contributed by atoms with van der Waals surface area (Å²) < 4.78 is 0. The van der Waals surface area contributed by atoms with Crippen LogP contribution in [-0.4, -0.2) is 29.4 Å². The highest BCUT2D eigenvalue weighted by molar-refractivity contribution is 7.13. The molecule has 0 aliphatic rings. The molecule has 0 unspecified atom stereocenters. The first-order valence-electron chi connectivity index (χ1n) is 7.45. The molecule has 0 saturated carbocycles. The van der Waals surface area contributed by atoms with E-state index in [9.17, 15) is 4.79 Å². The molecule has 0 aliphatic heterocycles. The van der Waals surface area contributed by atoms with Crippen LogP contribution in [-0.2, 0) is 6.54 Å². The number of carbonyl (C=O) groups is 1. The number of nitrogens with zero attached hydrogens (tertiary/aromatic N) is 2. The van der Waals surface area contributed by atoms with E-state index in [1.165, 1.54) is 16.9 Å². The van der Waals surface area contributed by atoms with E-state index < -0.39 is 0 Å². The third-order valence-corrected chi connectivity index (χ3v) is 4.06. The Bertz CT molecular complexity index is 619. The van der Waals surface area contributed by atoms with Crippen molar-refractivity contribution < 1.29 is 4.79 Å². The van der Waals surface area contributed by atoms with Crippen molar-refractivity contribution in [3.63, 3.8) is 0 Å². The summed E-state index contributed by atoms with van der Waals surface area (Å²) in [4.78, 5) is 18.7. The molecular weight excluding hydrogens is 294 g/mol. The number of anilines is 1. The van der Waals surface area contributed by atoms with Crippen LogP contribution in [0.3, 0.4) is 0 Å². The molecule has 0 spiro atoms. The zero-order valence-corrected chi connectivity index (χ0v) is 14.4. The number of hydrogen-bond donors (Lipinski definition) is 1. The number of rotatable bonds is 6. The lowest BCUT2D eigenvalue weighted by molar-refractivity contribution is 0.102. The predicted molar refractivity (Wildman–Crippen MR) is 92.4 cm³/mol. The van der Waals surface area contributed by atoms with E-state index in [-0.39, 0.29) is 5.91 Å². The van der Waals surface area contributed by atoms with Crippen LogP contribution in [0, 0.1) is 12.8 Å². The summed E-state index contributed by atoms with van der Waals surface area (Å²) in [5.41, 5.74) is 2.79. The second-order valence-corrected chi connectivity index (χ2v) is 6.89. The van der Waals surface area contributed by atoms with Crippen LogP contribution in [0.1, 0.15) is 35.5 Å². The Hall–Kier alpha value is -1.72. The molecule has 1 amide bonds. The fraction of sp³-hybridized carbons (Fsp3) is 0.412. The molecule has 0 radical (unpaired) electrons. The number of benzene rings is 1. The fourth-order valence-corrected chi connectivity index (χ4v) is 3.02. The Labute approximate surface area is 136 Å². The highest BCUT2D eigenvalue weighted by Crippen LogP contribution is 2.16. The van der Waals surface area contributed by atoms with Crippen LogP contribution in [0.4, 0.5) is 5.13 Å². The van der Waals surface area contributed by atoms with E-state index in [0.29, 0.717) is 16.6 Å². The molecule has 0 aliphatic carbocycles.